The van der Waals surface area contributed by atoms with Crippen LogP contribution in [0.25, 0.3) is 0 Å². The van der Waals surface area contributed by atoms with Crippen molar-refractivity contribution in [3.8, 4) is 0 Å². The van der Waals surface area contributed by atoms with Crippen molar-refractivity contribution in [2.75, 3.05) is 13.1 Å². The van der Waals surface area contributed by atoms with Crippen LogP contribution < -0.4 is 10.6 Å². The summed E-state index contributed by atoms with van der Waals surface area (Å²) in [5.74, 6) is 0. The SMILES string of the molecule is CCc1ccc(C(C)NCCCNC(=O)OC(C)(C)C)s1. The van der Waals surface area contributed by atoms with E-state index in [0.717, 1.165) is 19.4 Å². The highest BCUT2D eigenvalue weighted by Crippen LogP contribution is 2.23. The van der Waals surface area contributed by atoms with Crippen molar-refractivity contribution in [1.29, 1.82) is 0 Å². The molecule has 1 aromatic rings. The van der Waals surface area contributed by atoms with Gasteiger partial charge < -0.3 is 15.4 Å². The summed E-state index contributed by atoms with van der Waals surface area (Å²) in [4.78, 5) is 14.2. The number of amides is 1. The van der Waals surface area contributed by atoms with Crippen molar-refractivity contribution >= 4 is 17.4 Å². The monoisotopic (exact) mass is 312 g/mol. The van der Waals surface area contributed by atoms with Gasteiger partial charge >= 0.3 is 6.09 Å². The standard InChI is InChI=1S/C16H28N2O2S/c1-6-13-8-9-14(21-13)12(2)17-10-7-11-18-15(19)20-16(3,4)5/h8-9,12,17H,6-7,10-11H2,1-5H3,(H,18,19). The third kappa shape index (κ3) is 7.48. The summed E-state index contributed by atoms with van der Waals surface area (Å²) in [5, 5.41) is 6.24. The summed E-state index contributed by atoms with van der Waals surface area (Å²) < 4.78 is 5.18. The van der Waals surface area contributed by atoms with E-state index in [2.05, 4.69) is 36.6 Å². The van der Waals surface area contributed by atoms with E-state index in [0.29, 0.717) is 12.6 Å². The topological polar surface area (TPSA) is 50.4 Å². The zero-order valence-electron chi connectivity index (χ0n) is 13.8. The van der Waals surface area contributed by atoms with Crippen LogP contribution in [0.2, 0.25) is 0 Å². The molecule has 0 radical (unpaired) electrons. The first-order chi connectivity index (χ1) is 9.81. The highest BCUT2D eigenvalue weighted by molar-refractivity contribution is 7.12. The number of aryl methyl sites for hydroxylation is 1. The van der Waals surface area contributed by atoms with E-state index in [1.165, 1.54) is 9.75 Å². The van der Waals surface area contributed by atoms with Crippen LogP contribution in [0.5, 0.6) is 0 Å². The lowest BCUT2D eigenvalue weighted by atomic mass is 10.2. The molecule has 1 aromatic heterocycles. The number of ether oxygens (including phenoxy) is 1. The predicted octanol–water partition coefficient (Wildman–Crippen LogP) is 3.88. The smallest absolute Gasteiger partial charge is 0.407 e. The molecule has 2 N–H and O–H groups in total. The third-order valence-corrected chi connectivity index (χ3v) is 4.34. The Bertz CT molecular complexity index is 438. The van der Waals surface area contributed by atoms with Gasteiger partial charge in [0.15, 0.2) is 0 Å². The van der Waals surface area contributed by atoms with Crippen LogP contribution in [-0.4, -0.2) is 24.8 Å². The van der Waals surface area contributed by atoms with Crippen LogP contribution in [0, 0.1) is 0 Å². The van der Waals surface area contributed by atoms with Gasteiger partial charge in [-0.2, -0.15) is 0 Å². The first-order valence-electron chi connectivity index (χ1n) is 7.60. The van der Waals surface area contributed by atoms with Crippen molar-refractivity contribution in [2.45, 2.75) is 59.1 Å². The number of nitrogens with one attached hydrogen (secondary N) is 2. The normalized spacial score (nSPS) is 13.0. The highest BCUT2D eigenvalue weighted by Gasteiger charge is 2.15. The molecule has 0 aliphatic rings. The molecule has 120 valence electrons. The maximum Gasteiger partial charge on any atom is 0.407 e. The van der Waals surface area contributed by atoms with E-state index >= 15 is 0 Å². The Morgan fingerprint density at radius 2 is 2.05 bits per heavy atom. The zero-order chi connectivity index (χ0) is 15.9. The van der Waals surface area contributed by atoms with E-state index in [4.69, 9.17) is 4.74 Å². The van der Waals surface area contributed by atoms with Crippen molar-refractivity contribution in [3.63, 3.8) is 0 Å². The lowest BCUT2D eigenvalue weighted by molar-refractivity contribution is 0.0527. The van der Waals surface area contributed by atoms with Crippen molar-refractivity contribution in [2.24, 2.45) is 0 Å². The number of rotatable bonds is 7. The van der Waals surface area contributed by atoms with Gasteiger partial charge in [-0.05, 0) is 59.2 Å². The average molecular weight is 312 g/mol. The minimum atomic E-state index is -0.437. The largest absolute Gasteiger partial charge is 0.444 e. The second-order valence-corrected chi connectivity index (χ2v) is 7.32. The number of carbonyl (C=O) groups is 1. The molecule has 1 heterocycles. The summed E-state index contributed by atoms with van der Waals surface area (Å²) in [6.07, 6.45) is 1.63. The molecular formula is C16H28N2O2S. The molecule has 5 heteroatoms. The Kier molecular flexibility index (Phi) is 7.18. The molecule has 21 heavy (non-hydrogen) atoms. The Morgan fingerprint density at radius 1 is 1.33 bits per heavy atom. The van der Waals surface area contributed by atoms with E-state index in [-0.39, 0.29) is 6.09 Å². The predicted molar refractivity (Wildman–Crippen MR) is 89.0 cm³/mol. The van der Waals surface area contributed by atoms with E-state index in [1.807, 2.05) is 32.1 Å². The number of hydrogen-bond donors (Lipinski definition) is 2. The minimum Gasteiger partial charge on any atom is -0.444 e. The van der Waals surface area contributed by atoms with Crippen molar-refractivity contribution in [1.82, 2.24) is 10.6 Å². The average Bonchev–Trinajstić information content (AvgIpc) is 2.84. The fraction of sp³-hybridized carbons (Fsp3) is 0.688. The molecule has 4 nitrogen and oxygen atoms in total. The first kappa shape index (κ1) is 18.0. The second-order valence-electron chi connectivity index (χ2n) is 6.12. The van der Waals surface area contributed by atoms with Crippen LogP contribution in [0.4, 0.5) is 4.79 Å². The lowest BCUT2D eigenvalue weighted by Gasteiger charge is -2.19. The van der Waals surface area contributed by atoms with Crippen molar-refractivity contribution in [3.05, 3.63) is 21.9 Å². The molecular weight excluding hydrogens is 284 g/mol. The molecule has 0 saturated carbocycles. The van der Waals surface area contributed by atoms with Gasteiger partial charge in [0, 0.05) is 22.3 Å². The van der Waals surface area contributed by atoms with Crippen LogP contribution in [0.1, 0.15) is 56.8 Å². The van der Waals surface area contributed by atoms with Gasteiger partial charge in [0.1, 0.15) is 5.60 Å². The second kappa shape index (κ2) is 8.39. The third-order valence-electron chi connectivity index (χ3n) is 2.93. The molecule has 1 amide bonds. The van der Waals surface area contributed by atoms with E-state index in [1.54, 1.807) is 0 Å². The van der Waals surface area contributed by atoms with Gasteiger partial charge in [0.2, 0.25) is 0 Å². The molecule has 0 fully saturated rings. The first-order valence-corrected chi connectivity index (χ1v) is 8.42. The zero-order valence-corrected chi connectivity index (χ0v) is 14.6. The van der Waals surface area contributed by atoms with E-state index < -0.39 is 5.60 Å². The quantitative estimate of drug-likeness (QED) is 0.751. The molecule has 0 bridgehead atoms. The van der Waals surface area contributed by atoms with Crippen LogP contribution >= 0.6 is 11.3 Å². The Morgan fingerprint density at radius 3 is 2.62 bits per heavy atom. The van der Waals surface area contributed by atoms with Gasteiger partial charge in [-0.25, -0.2) is 4.79 Å². The number of thiophene rings is 1. The van der Waals surface area contributed by atoms with Gasteiger partial charge in [-0.1, -0.05) is 6.92 Å². The summed E-state index contributed by atoms with van der Waals surface area (Å²) >= 11 is 1.86. The molecule has 1 unspecified atom stereocenters. The number of carbonyl (C=O) groups excluding carboxylic acids is 1. The van der Waals surface area contributed by atoms with Gasteiger partial charge in [0.25, 0.3) is 0 Å². The molecule has 0 aliphatic heterocycles. The van der Waals surface area contributed by atoms with Crippen LogP contribution in [0.3, 0.4) is 0 Å². The fourth-order valence-corrected chi connectivity index (χ4v) is 2.81. The minimum absolute atomic E-state index is 0.346. The van der Waals surface area contributed by atoms with Gasteiger partial charge in [-0.3, -0.25) is 0 Å². The van der Waals surface area contributed by atoms with Gasteiger partial charge in [-0.15, -0.1) is 11.3 Å². The van der Waals surface area contributed by atoms with Gasteiger partial charge in [0.05, 0.1) is 0 Å². The summed E-state index contributed by atoms with van der Waals surface area (Å²) in [6.45, 7) is 11.4. The maximum absolute atomic E-state index is 11.5. The Balaban J connectivity index is 2.15. The molecule has 1 atom stereocenters. The summed E-state index contributed by atoms with van der Waals surface area (Å²) in [6, 6.07) is 4.75. The maximum atomic E-state index is 11.5. The van der Waals surface area contributed by atoms with Crippen LogP contribution in [0.15, 0.2) is 12.1 Å². The molecule has 1 rings (SSSR count). The molecule has 0 spiro atoms. The Labute approximate surface area is 132 Å². The van der Waals surface area contributed by atoms with Crippen LogP contribution in [-0.2, 0) is 11.2 Å². The number of hydrogen-bond acceptors (Lipinski definition) is 4. The summed E-state index contributed by atoms with van der Waals surface area (Å²) in [7, 11) is 0. The van der Waals surface area contributed by atoms with Crippen molar-refractivity contribution < 1.29 is 9.53 Å². The molecule has 0 aromatic carbocycles. The summed E-state index contributed by atoms with van der Waals surface area (Å²) in [5.41, 5.74) is -0.437. The molecule has 0 aliphatic carbocycles. The lowest BCUT2D eigenvalue weighted by Crippen LogP contribution is -2.34. The van der Waals surface area contributed by atoms with E-state index in [9.17, 15) is 4.79 Å². The fourth-order valence-electron chi connectivity index (χ4n) is 1.83. The Hall–Kier alpha value is -1.07. The molecule has 0 saturated heterocycles. The number of alkyl carbamates (subject to hydrolysis) is 1. The highest BCUT2D eigenvalue weighted by atomic mass is 32.1.